The highest BCUT2D eigenvalue weighted by Crippen LogP contribution is 2.21. The van der Waals surface area contributed by atoms with Crippen molar-refractivity contribution in [3.63, 3.8) is 0 Å². The third kappa shape index (κ3) is 5.37. The second kappa shape index (κ2) is 9.11. The quantitative estimate of drug-likeness (QED) is 0.605. The highest BCUT2D eigenvalue weighted by Gasteiger charge is 2.15. The molecule has 3 rings (SSSR count). The fourth-order valence-electron chi connectivity index (χ4n) is 2.62. The monoisotopic (exact) mass is 421 g/mol. The van der Waals surface area contributed by atoms with Gasteiger partial charge in [-0.05, 0) is 61.0 Å². The number of carbonyl (C=O) groups excluding carboxylic acids is 1. The zero-order valence-corrected chi connectivity index (χ0v) is 16.9. The van der Waals surface area contributed by atoms with E-state index in [1.54, 1.807) is 36.4 Å². The molecular weight excluding hydrogens is 402 g/mol. The van der Waals surface area contributed by atoms with Gasteiger partial charge in [0.05, 0.1) is 22.2 Å². The van der Waals surface area contributed by atoms with Crippen LogP contribution >= 0.6 is 0 Å². The lowest BCUT2D eigenvalue weighted by Crippen LogP contribution is -2.20. The maximum absolute atomic E-state index is 12.5. The number of anilines is 2. The number of aryl methyl sites for hydroxylation is 1. The number of hydrogen-bond acceptors (Lipinski definition) is 5. The van der Waals surface area contributed by atoms with Gasteiger partial charge < -0.3 is 10.1 Å². The van der Waals surface area contributed by atoms with Gasteiger partial charge in [-0.3, -0.25) is 9.52 Å². The summed E-state index contributed by atoms with van der Waals surface area (Å²) in [6.07, 6.45) is 0. The lowest BCUT2D eigenvalue weighted by atomic mass is 10.2. The maximum atomic E-state index is 12.5. The molecule has 30 heavy (non-hydrogen) atoms. The zero-order chi connectivity index (χ0) is 21.6. The van der Waals surface area contributed by atoms with Crippen molar-refractivity contribution in [3.05, 3.63) is 83.9 Å². The number of para-hydroxylation sites is 1. The van der Waals surface area contributed by atoms with E-state index in [1.165, 1.54) is 24.3 Å². The third-order valence-corrected chi connectivity index (χ3v) is 5.55. The largest absolute Gasteiger partial charge is 0.484 e. The molecule has 0 radical (unpaired) electrons. The molecule has 7 nitrogen and oxygen atoms in total. The summed E-state index contributed by atoms with van der Waals surface area (Å²) in [5, 5.41) is 11.5. The van der Waals surface area contributed by atoms with Crippen molar-refractivity contribution in [2.75, 3.05) is 16.6 Å². The summed E-state index contributed by atoms with van der Waals surface area (Å²) in [4.78, 5) is 12.1. The minimum Gasteiger partial charge on any atom is -0.484 e. The van der Waals surface area contributed by atoms with E-state index >= 15 is 0 Å². The van der Waals surface area contributed by atoms with Crippen LogP contribution in [0.1, 0.15) is 11.1 Å². The summed E-state index contributed by atoms with van der Waals surface area (Å²) >= 11 is 0. The molecule has 8 heteroatoms. The van der Waals surface area contributed by atoms with Crippen LogP contribution in [0.25, 0.3) is 0 Å². The molecule has 0 aromatic heterocycles. The van der Waals surface area contributed by atoms with E-state index in [9.17, 15) is 13.2 Å². The first-order valence-corrected chi connectivity index (χ1v) is 10.5. The maximum Gasteiger partial charge on any atom is 0.262 e. The summed E-state index contributed by atoms with van der Waals surface area (Å²) in [6.45, 7) is 1.56. The molecule has 0 aliphatic rings. The number of amides is 1. The summed E-state index contributed by atoms with van der Waals surface area (Å²) < 4.78 is 33.1. The van der Waals surface area contributed by atoms with Crippen LogP contribution < -0.4 is 14.8 Å². The van der Waals surface area contributed by atoms with Crippen molar-refractivity contribution in [1.29, 1.82) is 5.26 Å². The van der Waals surface area contributed by atoms with Crippen LogP contribution in [0, 0.1) is 18.3 Å². The Kier molecular flexibility index (Phi) is 6.35. The highest BCUT2D eigenvalue weighted by atomic mass is 32.2. The molecule has 0 spiro atoms. The summed E-state index contributed by atoms with van der Waals surface area (Å²) in [6, 6.07) is 21.4. The Hall–Kier alpha value is -3.83. The van der Waals surface area contributed by atoms with Gasteiger partial charge in [0.2, 0.25) is 0 Å². The number of rotatable bonds is 7. The molecule has 0 saturated carbocycles. The van der Waals surface area contributed by atoms with Gasteiger partial charge in [-0.15, -0.1) is 0 Å². The van der Waals surface area contributed by atoms with Gasteiger partial charge in [0, 0.05) is 5.69 Å². The van der Waals surface area contributed by atoms with Crippen molar-refractivity contribution in [2.45, 2.75) is 11.8 Å². The molecule has 0 fully saturated rings. The summed E-state index contributed by atoms with van der Waals surface area (Å²) in [5.74, 6) is -0.0474. The van der Waals surface area contributed by atoms with Crippen LogP contribution in [0.2, 0.25) is 0 Å². The second-order valence-corrected chi connectivity index (χ2v) is 8.10. The smallest absolute Gasteiger partial charge is 0.262 e. The number of nitrogens with one attached hydrogen (secondary N) is 2. The van der Waals surface area contributed by atoms with Gasteiger partial charge >= 0.3 is 0 Å². The van der Waals surface area contributed by atoms with Gasteiger partial charge in [-0.1, -0.05) is 24.3 Å². The Morgan fingerprint density at radius 1 is 1.03 bits per heavy atom. The lowest BCUT2D eigenvalue weighted by molar-refractivity contribution is -0.118. The first-order chi connectivity index (χ1) is 14.4. The van der Waals surface area contributed by atoms with Crippen LogP contribution in [-0.2, 0) is 14.8 Å². The first-order valence-electron chi connectivity index (χ1n) is 8.99. The van der Waals surface area contributed by atoms with Gasteiger partial charge in [-0.25, -0.2) is 8.42 Å². The third-order valence-electron chi connectivity index (χ3n) is 4.17. The summed E-state index contributed by atoms with van der Waals surface area (Å²) in [7, 11) is -3.74. The van der Waals surface area contributed by atoms with Crippen molar-refractivity contribution < 1.29 is 17.9 Å². The normalized spacial score (nSPS) is 10.7. The van der Waals surface area contributed by atoms with E-state index in [0.717, 1.165) is 5.56 Å². The molecule has 0 heterocycles. The van der Waals surface area contributed by atoms with E-state index in [0.29, 0.717) is 22.7 Å². The van der Waals surface area contributed by atoms with Gasteiger partial charge in [0.15, 0.2) is 6.61 Å². The molecule has 0 unspecified atom stereocenters. The predicted molar refractivity (Wildman–Crippen MR) is 114 cm³/mol. The Bertz CT molecular complexity index is 1200. The molecule has 3 aromatic rings. The molecule has 152 valence electrons. The van der Waals surface area contributed by atoms with Crippen LogP contribution in [0.3, 0.4) is 0 Å². The number of nitrogens with zero attached hydrogens (tertiary/aromatic N) is 1. The fraction of sp³-hybridized carbons (Fsp3) is 0.0909. The number of sulfonamides is 1. The van der Waals surface area contributed by atoms with E-state index in [2.05, 4.69) is 10.0 Å². The topological polar surface area (TPSA) is 108 Å². The van der Waals surface area contributed by atoms with Gasteiger partial charge in [0.25, 0.3) is 15.9 Å². The van der Waals surface area contributed by atoms with Crippen molar-refractivity contribution in [3.8, 4) is 11.8 Å². The second-order valence-electron chi connectivity index (χ2n) is 6.42. The van der Waals surface area contributed by atoms with Crippen LogP contribution in [0.5, 0.6) is 5.75 Å². The number of carbonyl (C=O) groups is 1. The molecular formula is C22H19N3O4S. The fourth-order valence-corrected chi connectivity index (χ4v) is 3.75. The minimum absolute atomic E-state index is 0.0795. The number of nitriles is 1. The standard InChI is InChI=1S/C22H19N3O4S/c1-16-5-2-3-8-21(16)25-30(27,28)20-11-9-19(10-12-20)29-15-22(26)24-18-7-4-6-17(13-18)14-23/h2-13,25H,15H2,1H3,(H,24,26). The Labute approximate surface area is 175 Å². The average Bonchev–Trinajstić information content (AvgIpc) is 2.74. The minimum atomic E-state index is -3.74. The molecule has 0 aliphatic carbocycles. The number of hydrogen-bond donors (Lipinski definition) is 2. The van der Waals surface area contributed by atoms with Crippen molar-refractivity contribution >= 4 is 27.3 Å². The van der Waals surface area contributed by atoms with E-state index in [1.807, 2.05) is 25.1 Å². The highest BCUT2D eigenvalue weighted by molar-refractivity contribution is 7.92. The Morgan fingerprint density at radius 3 is 2.47 bits per heavy atom. The van der Waals surface area contributed by atoms with Crippen LogP contribution in [-0.4, -0.2) is 20.9 Å². The zero-order valence-electron chi connectivity index (χ0n) is 16.1. The molecule has 1 amide bonds. The molecule has 0 saturated heterocycles. The number of ether oxygens (including phenoxy) is 1. The number of benzene rings is 3. The van der Waals surface area contributed by atoms with Crippen molar-refractivity contribution in [1.82, 2.24) is 0 Å². The molecule has 0 aliphatic heterocycles. The molecule has 2 N–H and O–H groups in total. The van der Waals surface area contributed by atoms with Gasteiger partial charge in [-0.2, -0.15) is 5.26 Å². The van der Waals surface area contributed by atoms with E-state index < -0.39 is 15.9 Å². The predicted octanol–water partition coefficient (Wildman–Crippen LogP) is 3.69. The molecule has 0 bridgehead atoms. The van der Waals surface area contributed by atoms with Gasteiger partial charge in [0.1, 0.15) is 5.75 Å². The van der Waals surface area contributed by atoms with Crippen LogP contribution in [0.4, 0.5) is 11.4 Å². The lowest BCUT2D eigenvalue weighted by Gasteiger charge is -2.11. The van der Waals surface area contributed by atoms with Crippen LogP contribution in [0.15, 0.2) is 77.7 Å². The summed E-state index contributed by atoms with van der Waals surface area (Å²) in [5.41, 5.74) is 2.25. The Morgan fingerprint density at radius 2 is 1.77 bits per heavy atom. The molecule has 3 aromatic carbocycles. The first kappa shape index (κ1) is 20.9. The SMILES string of the molecule is Cc1ccccc1NS(=O)(=O)c1ccc(OCC(=O)Nc2cccc(C#N)c2)cc1. The van der Waals surface area contributed by atoms with E-state index in [4.69, 9.17) is 10.00 Å². The average molecular weight is 421 g/mol. The van der Waals surface area contributed by atoms with E-state index in [-0.39, 0.29) is 11.5 Å². The van der Waals surface area contributed by atoms with Crippen molar-refractivity contribution in [2.24, 2.45) is 0 Å². The Balaban J connectivity index is 1.59. The molecule has 0 atom stereocenters.